The van der Waals surface area contributed by atoms with Crippen molar-refractivity contribution in [3.8, 4) is 0 Å². The zero-order valence-corrected chi connectivity index (χ0v) is 8.10. The minimum absolute atomic E-state index is 0.0186. The van der Waals surface area contributed by atoms with Crippen molar-refractivity contribution < 1.29 is 9.52 Å². The maximum absolute atomic E-state index is 11.4. The maximum Gasteiger partial charge on any atom is 0.362 e. The van der Waals surface area contributed by atoms with Crippen molar-refractivity contribution in [1.29, 1.82) is 0 Å². The van der Waals surface area contributed by atoms with E-state index < -0.39 is 5.63 Å². The van der Waals surface area contributed by atoms with Crippen molar-refractivity contribution in [1.82, 2.24) is 4.98 Å². The van der Waals surface area contributed by atoms with E-state index in [4.69, 9.17) is 9.52 Å². The molecule has 0 aliphatic carbocycles. The van der Waals surface area contributed by atoms with Crippen LogP contribution in [0, 0.1) is 0 Å². The molecule has 4 heteroatoms. The second-order valence-corrected chi connectivity index (χ2v) is 3.14. The second-order valence-electron chi connectivity index (χ2n) is 3.14. The summed E-state index contributed by atoms with van der Waals surface area (Å²) < 4.78 is 5.02. The molecule has 0 unspecified atom stereocenters. The molecule has 0 fully saturated rings. The Bertz CT molecular complexity index is 580. The number of fused-ring (bicyclic) bond motifs is 1. The Balaban J connectivity index is 2.73. The molecule has 2 aromatic rings. The van der Waals surface area contributed by atoms with Gasteiger partial charge in [0.25, 0.3) is 0 Å². The molecule has 1 aromatic heterocycles. The van der Waals surface area contributed by atoms with Gasteiger partial charge in [-0.05, 0) is 19.1 Å². The summed E-state index contributed by atoms with van der Waals surface area (Å²) >= 11 is 0. The van der Waals surface area contributed by atoms with E-state index in [1.807, 2.05) is 0 Å². The first-order valence-corrected chi connectivity index (χ1v) is 4.44. The van der Waals surface area contributed by atoms with Crippen LogP contribution in [0.2, 0.25) is 0 Å². The van der Waals surface area contributed by atoms with Crippen LogP contribution in [0.5, 0.6) is 0 Å². The van der Waals surface area contributed by atoms with Gasteiger partial charge < -0.3 is 9.52 Å². The minimum atomic E-state index is -0.554. The van der Waals surface area contributed by atoms with Crippen molar-refractivity contribution in [2.24, 2.45) is 0 Å². The average molecular weight is 203 g/mol. The Morgan fingerprint density at radius 2 is 2.20 bits per heavy atom. The molecular weight excluding hydrogens is 194 g/mol. The van der Waals surface area contributed by atoms with Crippen LogP contribution >= 0.6 is 0 Å². The molecule has 0 saturated heterocycles. The number of para-hydroxylation sites is 2. The second kappa shape index (κ2) is 3.57. The predicted molar refractivity (Wildman–Crippen MR) is 56.6 cm³/mol. The van der Waals surface area contributed by atoms with Crippen LogP contribution in [0.15, 0.2) is 39.2 Å². The Labute approximate surface area is 85.5 Å². The van der Waals surface area contributed by atoms with Crippen LogP contribution in [0.3, 0.4) is 0 Å². The summed E-state index contributed by atoms with van der Waals surface area (Å²) in [6.45, 7) is 1.47. The highest BCUT2D eigenvalue weighted by molar-refractivity contribution is 5.72. The fourth-order valence-electron chi connectivity index (χ4n) is 1.25. The first-order valence-electron chi connectivity index (χ1n) is 4.44. The molecule has 0 atom stereocenters. The van der Waals surface area contributed by atoms with Gasteiger partial charge in [-0.25, -0.2) is 9.78 Å². The molecular formula is C11H9NO3. The molecule has 0 bridgehead atoms. The Morgan fingerprint density at radius 1 is 1.47 bits per heavy atom. The van der Waals surface area contributed by atoms with E-state index in [9.17, 15) is 4.79 Å². The van der Waals surface area contributed by atoms with E-state index in [1.165, 1.54) is 13.0 Å². The SMILES string of the molecule is CC(O)=Cc1nc2ccccc2oc1=O. The van der Waals surface area contributed by atoms with E-state index in [2.05, 4.69) is 4.98 Å². The average Bonchev–Trinajstić information content (AvgIpc) is 2.18. The van der Waals surface area contributed by atoms with E-state index in [0.29, 0.717) is 11.1 Å². The molecule has 0 amide bonds. The zero-order chi connectivity index (χ0) is 10.8. The van der Waals surface area contributed by atoms with Gasteiger partial charge in [-0.1, -0.05) is 12.1 Å². The van der Waals surface area contributed by atoms with Gasteiger partial charge in [-0.2, -0.15) is 0 Å². The van der Waals surface area contributed by atoms with Gasteiger partial charge in [-0.3, -0.25) is 0 Å². The fourth-order valence-corrected chi connectivity index (χ4v) is 1.25. The monoisotopic (exact) mass is 203 g/mol. The van der Waals surface area contributed by atoms with Crippen molar-refractivity contribution in [3.63, 3.8) is 0 Å². The number of rotatable bonds is 1. The molecule has 0 aliphatic heterocycles. The van der Waals surface area contributed by atoms with E-state index >= 15 is 0 Å². The summed E-state index contributed by atoms with van der Waals surface area (Å²) in [7, 11) is 0. The lowest BCUT2D eigenvalue weighted by Gasteiger charge is -1.96. The molecule has 2 rings (SSSR count). The number of aliphatic hydroxyl groups is 1. The lowest BCUT2D eigenvalue weighted by molar-refractivity contribution is 0.419. The third kappa shape index (κ3) is 1.88. The van der Waals surface area contributed by atoms with E-state index in [-0.39, 0.29) is 11.5 Å². The van der Waals surface area contributed by atoms with E-state index in [0.717, 1.165) is 0 Å². The lowest BCUT2D eigenvalue weighted by atomic mass is 10.3. The van der Waals surface area contributed by atoms with Gasteiger partial charge in [-0.15, -0.1) is 0 Å². The minimum Gasteiger partial charge on any atom is -0.513 e. The molecule has 76 valence electrons. The van der Waals surface area contributed by atoms with Gasteiger partial charge in [0.15, 0.2) is 11.3 Å². The quantitative estimate of drug-likeness (QED) is 0.721. The van der Waals surface area contributed by atoms with Crippen LogP contribution in [0.1, 0.15) is 12.6 Å². The third-order valence-corrected chi connectivity index (χ3v) is 1.86. The molecule has 4 nitrogen and oxygen atoms in total. The Kier molecular flexibility index (Phi) is 2.25. The van der Waals surface area contributed by atoms with Crippen LogP contribution in [-0.4, -0.2) is 10.1 Å². The molecule has 15 heavy (non-hydrogen) atoms. The Hall–Kier alpha value is -2.10. The summed E-state index contributed by atoms with van der Waals surface area (Å²) in [6.07, 6.45) is 1.28. The van der Waals surface area contributed by atoms with Gasteiger partial charge in [0.2, 0.25) is 0 Å². The molecule has 1 aromatic carbocycles. The highest BCUT2D eigenvalue weighted by Gasteiger charge is 2.03. The number of allylic oxidation sites excluding steroid dienone is 1. The van der Waals surface area contributed by atoms with Crippen LogP contribution < -0.4 is 5.63 Å². The topological polar surface area (TPSA) is 63.3 Å². The summed E-state index contributed by atoms with van der Waals surface area (Å²) in [5.74, 6) is 0.0186. The van der Waals surface area contributed by atoms with Crippen LogP contribution in [0.25, 0.3) is 17.2 Å². The van der Waals surface area contributed by atoms with Crippen LogP contribution in [0.4, 0.5) is 0 Å². The third-order valence-electron chi connectivity index (χ3n) is 1.86. The Morgan fingerprint density at radius 3 is 2.93 bits per heavy atom. The standard InChI is InChI=1S/C11H9NO3/c1-7(13)6-9-11(14)15-10-5-3-2-4-8(10)12-9/h2-6,13H,1H3. The van der Waals surface area contributed by atoms with Crippen molar-refractivity contribution in [2.45, 2.75) is 6.92 Å². The zero-order valence-electron chi connectivity index (χ0n) is 8.10. The van der Waals surface area contributed by atoms with Crippen LogP contribution in [-0.2, 0) is 0 Å². The molecule has 1 N–H and O–H groups in total. The summed E-state index contributed by atoms with van der Waals surface area (Å²) in [5, 5.41) is 9.04. The first kappa shape index (κ1) is 9.45. The predicted octanol–water partition coefficient (Wildman–Crippen LogP) is 2.11. The maximum atomic E-state index is 11.4. The normalized spacial score (nSPS) is 11.9. The fraction of sp³-hybridized carbons (Fsp3) is 0.0909. The highest BCUT2D eigenvalue weighted by Crippen LogP contribution is 2.09. The molecule has 0 spiro atoms. The highest BCUT2D eigenvalue weighted by atomic mass is 16.4. The van der Waals surface area contributed by atoms with Gasteiger partial charge in [0.05, 0.1) is 5.76 Å². The number of aliphatic hydroxyl groups excluding tert-OH is 1. The lowest BCUT2D eigenvalue weighted by Crippen LogP contribution is -2.06. The molecule has 0 saturated carbocycles. The molecule has 1 heterocycles. The number of benzene rings is 1. The summed E-state index contributed by atoms with van der Waals surface area (Å²) in [6, 6.07) is 6.97. The van der Waals surface area contributed by atoms with Crippen molar-refractivity contribution in [3.05, 3.63) is 46.1 Å². The van der Waals surface area contributed by atoms with Gasteiger partial charge in [0.1, 0.15) is 5.52 Å². The summed E-state index contributed by atoms with van der Waals surface area (Å²) in [4.78, 5) is 15.5. The first-order chi connectivity index (χ1) is 7.16. The smallest absolute Gasteiger partial charge is 0.362 e. The summed E-state index contributed by atoms with van der Waals surface area (Å²) in [5.41, 5.74) is 0.579. The molecule has 0 aliphatic rings. The van der Waals surface area contributed by atoms with Crippen molar-refractivity contribution >= 4 is 17.2 Å². The number of hydrogen-bond acceptors (Lipinski definition) is 4. The van der Waals surface area contributed by atoms with Gasteiger partial charge >= 0.3 is 5.63 Å². The largest absolute Gasteiger partial charge is 0.513 e. The van der Waals surface area contributed by atoms with Crippen molar-refractivity contribution in [2.75, 3.05) is 0 Å². The van der Waals surface area contributed by atoms with E-state index in [1.54, 1.807) is 24.3 Å². The number of aromatic nitrogens is 1. The number of nitrogens with zero attached hydrogens (tertiary/aromatic N) is 1. The number of hydrogen-bond donors (Lipinski definition) is 1. The van der Waals surface area contributed by atoms with Gasteiger partial charge in [0, 0.05) is 6.08 Å². The molecule has 0 radical (unpaired) electrons.